The van der Waals surface area contributed by atoms with Crippen LogP contribution in [0.5, 0.6) is 5.75 Å². The lowest BCUT2D eigenvalue weighted by atomic mass is 9.59. The summed E-state index contributed by atoms with van der Waals surface area (Å²) >= 11 is 0. The minimum atomic E-state index is -1.87. The molecule has 150 valence electrons. The van der Waals surface area contributed by atoms with Crippen molar-refractivity contribution in [3.05, 3.63) is 29.8 Å². The normalized spacial score (nSPS) is 34.2. The van der Waals surface area contributed by atoms with E-state index in [0.29, 0.717) is 5.92 Å². The zero-order valence-corrected chi connectivity index (χ0v) is 18.8. The van der Waals surface area contributed by atoms with Gasteiger partial charge in [-0.1, -0.05) is 39.8 Å². The van der Waals surface area contributed by atoms with E-state index in [2.05, 4.69) is 65.1 Å². The Morgan fingerprint density at radius 1 is 1.22 bits per heavy atom. The van der Waals surface area contributed by atoms with Crippen LogP contribution in [0.25, 0.3) is 0 Å². The fraction of sp³-hybridized carbons (Fsp3) is 0.696. The highest BCUT2D eigenvalue weighted by Gasteiger charge is 2.58. The lowest BCUT2D eigenvalue weighted by Crippen LogP contribution is -2.49. The Balaban J connectivity index is 1.80. The molecule has 0 aromatic heterocycles. The fourth-order valence-electron chi connectivity index (χ4n) is 4.86. The lowest BCUT2D eigenvalue weighted by molar-refractivity contribution is -0.128. The number of hydrogen-bond donors (Lipinski definition) is 1. The summed E-state index contributed by atoms with van der Waals surface area (Å²) in [4.78, 5) is 11.5. The van der Waals surface area contributed by atoms with Crippen molar-refractivity contribution < 1.29 is 14.3 Å². The van der Waals surface area contributed by atoms with Gasteiger partial charge < -0.3 is 14.3 Å². The predicted molar refractivity (Wildman–Crippen MR) is 113 cm³/mol. The molecular weight excluding hydrogens is 352 g/mol. The van der Waals surface area contributed by atoms with E-state index >= 15 is 0 Å². The molecule has 0 spiro atoms. The van der Waals surface area contributed by atoms with Gasteiger partial charge in [-0.25, -0.2) is 0 Å². The van der Waals surface area contributed by atoms with Gasteiger partial charge in [0.1, 0.15) is 12.0 Å². The van der Waals surface area contributed by atoms with Gasteiger partial charge in [-0.2, -0.15) is 0 Å². The number of carbonyl (C=O) groups is 1. The van der Waals surface area contributed by atoms with Crippen LogP contribution in [-0.4, -0.2) is 25.3 Å². The number of carbonyl (C=O) groups excluding carboxylic acids is 1. The molecule has 0 aliphatic heterocycles. The Kier molecular flexibility index (Phi) is 5.14. The number of hydrogen-bond acceptors (Lipinski definition) is 3. The highest BCUT2D eigenvalue weighted by molar-refractivity contribution is 6.74. The Labute approximate surface area is 165 Å². The highest BCUT2D eigenvalue weighted by Crippen LogP contribution is 2.60. The molecule has 1 N–H and O–H groups in total. The van der Waals surface area contributed by atoms with E-state index in [9.17, 15) is 9.90 Å². The molecule has 1 aromatic carbocycles. The largest absolute Gasteiger partial charge is 0.543 e. The summed E-state index contributed by atoms with van der Waals surface area (Å²) in [6, 6.07) is 8.49. The van der Waals surface area contributed by atoms with Gasteiger partial charge in [0.2, 0.25) is 8.32 Å². The zero-order valence-electron chi connectivity index (χ0n) is 17.8. The van der Waals surface area contributed by atoms with Crippen molar-refractivity contribution in [2.75, 3.05) is 0 Å². The quantitative estimate of drug-likeness (QED) is 0.533. The first-order valence-electron chi connectivity index (χ1n) is 10.4. The van der Waals surface area contributed by atoms with Crippen molar-refractivity contribution >= 4 is 14.6 Å². The van der Waals surface area contributed by atoms with E-state index in [1.165, 1.54) is 5.56 Å². The van der Waals surface area contributed by atoms with Crippen molar-refractivity contribution in [1.82, 2.24) is 0 Å². The van der Waals surface area contributed by atoms with Crippen LogP contribution in [-0.2, 0) is 4.79 Å². The maximum Gasteiger partial charge on any atom is 0.250 e. The smallest absolute Gasteiger partial charge is 0.250 e. The monoisotopic (exact) mass is 388 g/mol. The summed E-state index contributed by atoms with van der Waals surface area (Å²) in [5.74, 6) is 1.28. The van der Waals surface area contributed by atoms with Gasteiger partial charge in [0.15, 0.2) is 0 Å². The van der Waals surface area contributed by atoms with E-state index in [0.717, 1.165) is 44.1 Å². The van der Waals surface area contributed by atoms with Crippen LogP contribution in [0.3, 0.4) is 0 Å². The topological polar surface area (TPSA) is 46.5 Å². The fourth-order valence-corrected chi connectivity index (χ4v) is 5.89. The molecule has 1 aromatic rings. The van der Waals surface area contributed by atoms with E-state index in [4.69, 9.17) is 4.43 Å². The summed E-state index contributed by atoms with van der Waals surface area (Å²) in [6.45, 7) is 13.4. The van der Waals surface area contributed by atoms with Gasteiger partial charge in [0, 0.05) is 11.3 Å². The summed E-state index contributed by atoms with van der Waals surface area (Å²) in [6.07, 6.45) is 5.31. The van der Waals surface area contributed by atoms with Crippen LogP contribution in [0.2, 0.25) is 18.1 Å². The highest BCUT2D eigenvalue weighted by atomic mass is 28.4. The second kappa shape index (κ2) is 6.73. The van der Waals surface area contributed by atoms with Crippen molar-refractivity contribution in [2.24, 2.45) is 11.3 Å². The minimum absolute atomic E-state index is 0.00305. The molecule has 0 saturated heterocycles. The van der Waals surface area contributed by atoms with Gasteiger partial charge in [0.25, 0.3) is 0 Å². The van der Waals surface area contributed by atoms with Crippen molar-refractivity contribution in [1.29, 1.82) is 0 Å². The SMILES string of the molecule is CC(C)(C)[Si](C)(C)Oc1cccc([C@H]2CC[C@]3(C)[C@@H](C=O)CC[C@]3(O)C2)c1. The molecule has 0 amide bonds. The van der Waals surface area contributed by atoms with Crippen LogP contribution in [0, 0.1) is 11.3 Å². The van der Waals surface area contributed by atoms with Gasteiger partial charge in [0.05, 0.1) is 5.60 Å². The summed E-state index contributed by atoms with van der Waals surface area (Å²) in [5, 5.41) is 11.5. The second-order valence-corrected chi connectivity index (χ2v) is 15.3. The molecule has 2 saturated carbocycles. The van der Waals surface area contributed by atoms with Crippen molar-refractivity contribution in [3.63, 3.8) is 0 Å². The average molecular weight is 389 g/mol. The third-order valence-electron chi connectivity index (χ3n) is 8.02. The number of benzene rings is 1. The summed E-state index contributed by atoms with van der Waals surface area (Å²) in [5.41, 5.74) is 0.273. The van der Waals surface area contributed by atoms with Crippen molar-refractivity contribution in [3.8, 4) is 5.75 Å². The maximum absolute atomic E-state index is 11.5. The lowest BCUT2D eigenvalue weighted by Gasteiger charge is -2.48. The second-order valence-electron chi connectivity index (χ2n) is 10.6. The molecule has 0 heterocycles. The number of aldehydes is 1. The predicted octanol–water partition coefficient (Wildman–Crippen LogP) is 5.68. The first-order chi connectivity index (χ1) is 12.4. The number of aliphatic hydroxyl groups is 1. The molecule has 2 fully saturated rings. The Morgan fingerprint density at radius 3 is 2.56 bits per heavy atom. The average Bonchev–Trinajstić information content (AvgIpc) is 2.83. The Hall–Kier alpha value is -1.13. The molecular formula is C23H36O3Si. The molecule has 2 aliphatic carbocycles. The van der Waals surface area contributed by atoms with Crippen molar-refractivity contribution in [2.45, 2.75) is 89.5 Å². The number of rotatable bonds is 4. The first kappa shape index (κ1) is 20.6. The summed E-state index contributed by atoms with van der Waals surface area (Å²) in [7, 11) is -1.87. The molecule has 4 heteroatoms. The van der Waals surface area contributed by atoms with Gasteiger partial charge in [-0.3, -0.25) is 0 Å². The third-order valence-corrected chi connectivity index (χ3v) is 12.4. The zero-order chi connectivity index (χ0) is 20.1. The van der Waals surface area contributed by atoms with E-state index < -0.39 is 13.9 Å². The maximum atomic E-state index is 11.5. The van der Waals surface area contributed by atoms with Gasteiger partial charge in [-0.05, 0) is 73.9 Å². The number of fused-ring (bicyclic) bond motifs is 1. The molecule has 3 nitrogen and oxygen atoms in total. The van der Waals surface area contributed by atoms with Gasteiger partial charge in [-0.15, -0.1) is 0 Å². The molecule has 3 rings (SSSR count). The molecule has 0 radical (unpaired) electrons. The third kappa shape index (κ3) is 3.51. The Bertz CT molecular complexity index is 708. The van der Waals surface area contributed by atoms with Crippen LogP contribution < -0.4 is 4.43 Å². The molecule has 0 bridgehead atoms. The molecule has 27 heavy (non-hydrogen) atoms. The van der Waals surface area contributed by atoms with E-state index in [-0.39, 0.29) is 16.4 Å². The summed E-state index contributed by atoms with van der Waals surface area (Å²) < 4.78 is 6.49. The van der Waals surface area contributed by atoms with Crippen LogP contribution in [0.4, 0.5) is 0 Å². The van der Waals surface area contributed by atoms with Crippen LogP contribution in [0.15, 0.2) is 24.3 Å². The molecule has 4 atom stereocenters. The Morgan fingerprint density at radius 2 is 1.93 bits per heavy atom. The first-order valence-corrected chi connectivity index (χ1v) is 13.3. The minimum Gasteiger partial charge on any atom is -0.543 e. The standard InChI is InChI=1S/C23H36O3Si/c1-21(2,3)27(5,6)26-20-9-7-8-17(14-20)18-10-12-22(4)19(16-24)11-13-23(22,25)15-18/h7-9,14,16,18-19,25H,10-13,15H2,1-6H3/t18-,19+,22+,23-/m0/s1. The van der Waals surface area contributed by atoms with Gasteiger partial charge >= 0.3 is 0 Å². The van der Waals surface area contributed by atoms with Crippen LogP contribution >= 0.6 is 0 Å². The van der Waals surface area contributed by atoms with Crippen LogP contribution in [0.1, 0.15) is 71.3 Å². The van der Waals surface area contributed by atoms with E-state index in [1.807, 2.05) is 0 Å². The molecule has 2 aliphatic rings. The molecule has 0 unspecified atom stereocenters. The van der Waals surface area contributed by atoms with E-state index in [1.54, 1.807) is 0 Å².